The highest BCUT2D eigenvalue weighted by atomic mass is 19.4. The van der Waals surface area contributed by atoms with E-state index in [1.807, 2.05) is 0 Å². The number of carbonyl (C=O) groups excluding carboxylic acids is 2. The molecule has 0 fully saturated rings. The fourth-order valence-corrected chi connectivity index (χ4v) is 4.20. The van der Waals surface area contributed by atoms with Crippen LogP contribution < -0.4 is 10.2 Å². The lowest BCUT2D eigenvalue weighted by molar-refractivity contribution is -0.137. The molecule has 4 aromatic rings. The van der Waals surface area contributed by atoms with Crippen molar-refractivity contribution in [2.45, 2.75) is 11.9 Å². The van der Waals surface area contributed by atoms with Crippen LogP contribution in [0.2, 0.25) is 0 Å². The fourth-order valence-electron chi connectivity index (χ4n) is 4.20. The molecule has 1 unspecified atom stereocenters. The molecule has 5 rings (SSSR count). The van der Waals surface area contributed by atoms with Gasteiger partial charge in [-0.05, 0) is 36.4 Å². The Bertz CT molecular complexity index is 1480. The summed E-state index contributed by atoms with van der Waals surface area (Å²) >= 11 is 0. The predicted octanol–water partition coefficient (Wildman–Crippen LogP) is 4.61. The molecule has 35 heavy (non-hydrogen) atoms. The van der Waals surface area contributed by atoms with E-state index in [1.54, 1.807) is 24.3 Å². The number of aromatic nitrogens is 2. The van der Waals surface area contributed by atoms with Gasteiger partial charge in [0.1, 0.15) is 0 Å². The van der Waals surface area contributed by atoms with Crippen molar-refractivity contribution in [3.05, 3.63) is 89.0 Å². The zero-order valence-corrected chi connectivity index (χ0v) is 18.1. The van der Waals surface area contributed by atoms with Gasteiger partial charge in [-0.25, -0.2) is 9.78 Å². The molecule has 1 aliphatic heterocycles. The Morgan fingerprint density at radius 3 is 2.63 bits per heavy atom. The summed E-state index contributed by atoms with van der Waals surface area (Å²) in [5.74, 6) is -0.561. The minimum atomic E-state index is -4.64. The molecule has 0 saturated carbocycles. The molecule has 2 amide bonds. The van der Waals surface area contributed by atoms with E-state index in [1.165, 1.54) is 37.4 Å². The summed E-state index contributed by atoms with van der Waals surface area (Å²) in [6.45, 7) is 0. The molecule has 1 aromatic heterocycles. The molecule has 0 bridgehead atoms. The highest BCUT2D eigenvalue weighted by Gasteiger charge is 2.51. The van der Waals surface area contributed by atoms with Gasteiger partial charge in [-0.2, -0.15) is 13.2 Å². The lowest BCUT2D eigenvalue weighted by Crippen LogP contribution is -2.45. The molecule has 8 nitrogen and oxygen atoms in total. The molecule has 1 atom stereocenters. The van der Waals surface area contributed by atoms with Gasteiger partial charge in [0, 0.05) is 22.4 Å². The number of rotatable bonds is 3. The first-order chi connectivity index (χ1) is 16.6. The molecule has 3 aromatic carbocycles. The summed E-state index contributed by atoms with van der Waals surface area (Å²) in [5, 5.41) is 14.4. The van der Waals surface area contributed by atoms with Crippen molar-refractivity contribution in [1.29, 1.82) is 0 Å². The Balaban J connectivity index is 1.68. The van der Waals surface area contributed by atoms with E-state index in [-0.39, 0.29) is 28.3 Å². The topological polar surface area (TPSA) is 108 Å². The molecular formula is C24H17F3N4O4. The SMILES string of the molecule is COC(=O)Nc1nc2ccc(C3(O)c4ccccc4C(=O)N3c3cccc(C(F)(F)F)c3)cc2[nH]1. The van der Waals surface area contributed by atoms with Crippen LogP contribution in [0, 0.1) is 0 Å². The van der Waals surface area contributed by atoms with Gasteiger partial charge in [-0.1, -0.05) is 30.3 Å². The zero-order chi connectivity index (χ0) is 25.0. The summed E-state index contributed by atoms with van der Waals surface area (Å²) in [5.41, 5.74) is -1.78. The number of nitrogens with one attached hydrogen (secondary N) is 2. The average Bonchev–Trinajstić information content (AvgIpc) is 3.34. The second kappa shape index (κ2) is 7.84. The first-order valence-corrected chi connectivity index (χ1v) is 10.3. The number of alkyl halides is 3. The van der Waals surface area contributed by atoms with Gasteiger partial charge in [0.25, 0.3) is 5.91 Å². The van der Waals surface area contributed by atoms with Crippen LogP contribution in [-0.4, -0.2) is 34.2 Å². The number of imidazole rings is 1. The third kappa shape index (κ3) is 3.56. The van der Waals surface area contributed by atoms with Crippen molar-refractivity contribution in [2.24, 2.45) is 0 Å². The number of aliphatic hydroxyl groups is 1. The third-order valence-electron chi connectivity index (χ3n) is 5.78. The predicted molar refractivity (Wildman–Crippen MR) is 120 cm³/mol. The molecule has 11 heteroatoms. The molecule has 0 spiro atoms. The summed E-state index contributed by atoms with van der Waals surface area (Å²) < 4.78 is 44.8. The van der Waals surface area contributed by atoms with Crippen molar-refractivity contribution in [2.75, 3.05) is 17.3 Å². The van der Waals surface area contributed by atoms with E-state index in [0.29, 0.717) is 11.0 Å². The number of carbonyl (C=O) groups is 2. The van der Waals surface area contributed by atoms with Gasteiger partial charge in [0.05, 0.1) is 23.7 Å². The lowest BCUT2D eigenvalue weighted by atomic mass is 9.93. The third-order valence-corrected chi connectivity index (χ3v) is 5.78. The van der Waals surface area contributed by atoms with E-state index >= 15 is 0 Å². The second-order valence-electron chi connectivity index (χ2n) is 7.84. The number of aromatic amines is 1. The number of halogens is 3. The molecule has 178 valence electrons. The van der Waals surface area contributed by atoms with Crippen molar-refractivity contribution in [1.82, 2.24) is 9.97 Å². The summed E-state index contributed by atoms with van der Waals surface area (Å²) in [6, 6.07) is 15.1. The van der Waals surface area contributed by atoms with Crippen molar-refractivity contribution in [3.8, 4) is 0 Å². The zero-order valence-electron chi connectivity index (χ0n) is 18.1. The molecule has 0 saturated heterocycles. The van der Waals surface area contributed by atoms with Crippen LogP contribution in [0.4, 0.5) is 29.6 Å². The van der Waals surface area contributed by atoms with Crippen LogP contribution in [-0.2, 0) is 16.6 Å². The number of anilines is 2. The van der Waals surface area contributed by atoms with Crippen molar-refractivity contribution in [3.63, 3.8) is 0 Å². The molecule has 0 aliphatic carbocycles. The Morgan fingerprint density at radius 1 is 1.11 bits per heavy atom. The molecule has 2 heterocycles. The molecular weight excluding hydrogens is 465 g/mol. The standard InChI is InChI=1S/C24H17F3N4O4/c1-35-22(33)30-21-28-18-10-9-13(12-19(18)29-21)23(34)17-8-3-2-7-16(17)20(32)31(23)15-6-4-5-14(11-15)24(25,26)27/h2-12,34H,1H3,(H2,28,29,30,33). The smallest absolute Gasteiger partial charge is 0.416 e. The number of hydrogen-bond donors (Lipinski definition) is 3. The summed E-state index contributed by atoms with van der Waals surface area (Å²) in [4.78, 5) is 32.9. The first kappa shape index (κ1) is 22.4. The van der Waals surface area contributed by atoms with Crippen molar-refractivity contribution < 1.29 is 32.6 Å². The average molecular weight is 482 g/mol. The Kier molecular flexibility index (Phi) is 5.02. The van der Waals surface area contributed by atoms with Crippen LogP contribution in [0.25, 0.3) is 11.0 Å². The van der Waals surface area contributed by atoms with E-state index in [2.05, 4.69) is 20.0 Å². The number of H-pyrrole nitrogens is 1. The number of benzene rings is 3. The number of fused-ring (bicyclic) bond motifs is 2. The van der Waals surface area contributed by atoms with Gasteiger partial charge in [-0.15, -0.1) is 0 Å². The van der Waals surface area contributed by atoms with Crippen LogP contribution in [0.15, 0.2) is 66.7 Å². The van der Waals surface area contributed by atoms with E-state index < -0.39 is 29.5 Å². The van der Waals surface area contributed by atoms with Crippen LogP contribution in [0.3, 0.4) is 0 Å². The first-order valence-electron chi connectivity index (χ1n) is 10.3. The van der Waals surface area contributed by atoms with Gasteiger partial charge in [0.15, 0.2) is 5.72 Å². The van der Waals surface area contributed by atoms with Gasteiger partial charge < -0.3 is 14.8 Å². The normalized spacial score (nSPS) is 17.5. The Labute approximate surface area is 196 Å². The van der Waals surface area contributed by atoms with Gasteiger partial charge in [-0.3, -0.25) is 15.0 Å². The quantitative estimate of drug-likeness (QED) is 0.395. The number of ether oxygens (including phenoxy) is 1. The van der Waals surface area contributed by atoms with Crippen LogP contribution in [0.1, 0.15) is 27.0 Å². The van der Waals surface area contributed by atoms with Crippen LogP contribution >= 0.6 is 0 Å². The van der Waals surface area contributed by atoms with Crippen LogP contribution in [0.5, 0.6) is 0 Å². The maximum absolute atomic E-state index is 13.4. The summed E-state index contributed by atoms with van der Waals surface area (Å²) in [6.07, 6.45) is -5.38. The van der Waals surface area contributed by atoms with Crippen molar-refractivity contribution >= 4 is 34.7 Å². The minimum Gasteiger partial charge on any atom is -0.453 e. The van der Waals surface area contributed by atoms with Gasteiger partial charge in [0.2, 0.25) is 5.95 Å². The second-order valence-corrected chi connectivity index (χ2v) is 7.84. The largest absolute Gasteiger partial charge is 0.453 e. The minimum absolute atomic E-state index is 0.0913. The maximum atomic E-state index is 13.4. The van der Waals surface area contributed by atoms with E-state index in [0.717, 1.165) is 17.0 Å². The van der Waals surface area contributed by atoms with Gasteiger partial charge >= 0.3 is 12.3 Å². The van der Waals surface area contributed by atoms with E-state index in [4.69, 9.17) is 0 Å². The number of hydrogen-bond acceptors (Lipinski definition) is 5. The Morgan fingerprint density at radius 2 is 1.89 bits per heavy atom. The van der Waals surface area contributed by atoms with E-state index in [9.17, 15) is 27.9 Å². The highest BCUT2D eigenvalue weighted by molar-refractivity contribution is 6.12. The number of methoxy groups -OCH3 is 1. The monoisotopic (exact) mass is 482 g/mol. The number of nitrogens with zero attached hydrogens (tertiary/aromatic N) is 2. The Hall–Kier alpha value is -4.38. The maximum Gasteiger partial charge on any atom is 0.416 e. The molecule has 3 N–H and O–H groups in total. The highest BCUT2D eigenvalue weighted by Crippen LogP contribution is 2.46. The lowest BCUT2D eigenvalue weighted by Gasteiger charge is -2.35. The number of amides is 2. The molecule has 1 aliphatic rings. The molecule has 0 radical (unpaired) electrons. The summed E-state index contributed by atoms with van der Waals surface area (Å²) in [7, 11) is 1.20. The fraction of sp³-hybridized carbons (Fsp3) is 0.125.